The van der Waals surface area contributed by atoms with E-state index in [1.807, 2.05) is 59.9 Å². The van der Waals surface area contributed by atoms with Crippen LogP contribution in [0.4, 0.5) is 17.1 Å². The van der Waals surface area contributed by atoms with Gasteiger partial charge in [0.2, 0.25) is 5.89 Å². The molecule has 9 aromatic carbocycles. The number of thiophene rings is 1. The van der Waals surface area contributed by atoms with Gasteiger partial charge in [-0.1, -0.05) is 121 Å². The Morgan fingerprint density at radius 3 is 2.02 bits per heavy atom. The van der Waals surface area contributed by atoms with Crippen molar-refractivity contribution < 1.29 is 8.83 Å². The zero-order valence-electron chi connectivity index (χ0n) is 31.1. The molecular weight excluding hydrogens is 729 g/mol. The summed E-state index contributed by atoms with van der Waals surface area (Å²) in [5, 5.41) is 6.99. The Hall–Kier alpha value is -7.47. The fourth-order valence-corrected chi connectivity index (χ4v) is 9.75. The first-order valence-electron chi connectivity index (χ1n) is 19.4. The van der Waals surface area contributed by atoms with E-state index in [-0.39, 0.29) is 0 Å². The van der Waals surface area contributed by atoms with E-state index in [1.165, 1.54) is 42.1 Å². The molecule has 3 heterocycles. The average molecular weight is 761 g/mol. The van der Waals surface area contributed by atoms with Gasteiger partial charge in [0.05, 0.1) is 5.39 Å². The maximum absolute atomic E-state index is 6.55. The molecule has 0 saturated carbocycles. The number of fused-ring (bicyclic) bond motifs is 9. The third kappa shape index (κ3) is 5.25. The molecule has 0 bridgehead atoms. The second-order valence-electron chi connectivity index (χ2n) is 14.7. The number of oxazole rings is 1. The number of hydrogen-bond donors (Lipinski definition) is 0. The van der Waals surface area contributed by atoms with Crippen LogP contribution in [0, 0.1) is 0 Å². The lowest BCUT2D eigenvalue weighted by Crippen LogP contribution is -2.10. The van der Waals surface area contributed by atoms with Crippen molar-refractivity contribution in [2.24, 2.45) is 0 Å². The summed E-state index contributed by atoms with van der Waals surface area (Å²) >= 11 is 1.84. The lowest BCUT2D eigenvalue weighted by Gasteiger charge is -2.26. The highest BCUT2D eigenvalue weighted by Gasteiger charge is 2.21. The number of furan rings is 1. The molecule has 0 amide bonds. The standard InChI is InChI=1S/C53H32N2O2S/c1-2-12-35(13-3-1)53-54-45-29-30-47-51(52(45)57-53)50-42(20-10-21-46(50)56-47)36-15-8-16-38(31-36)55(39-27-28-44-43-18-6-7-22-48(43)58-49(44)32-39)37-25-23-34(24-26-37)41-19-9-14-33-11-4-5-17-40(33)41/h1-32H. The molecule has 4 nitrogen and oxygen atoms in total. The van der Waals surface area contributed by atoms with Gasteiger partial charge in [0.1, 0.15) is 16.7 Å². The van der Waals surface area contributed by atoms with E-state index in [2.05, 4.69) is 150 Å². The van der Waals surface area contributed by atoms with Crippen LogP contribution >= 0.6 is 11.3 Å². The van der Waals surface area contributed by atoms with Gasteiger partial charge in [-0.25, -0.2) is 4.98 Å². The van der Waals surface area contributed by atoms with E-state index >= 15 is 0 Å². The van der Waals surface area contributed by atoms with Gasteiger partial charge in [-0.15, -0.1) is 11.3 Å². The second-order valence-corrected chi connectivity index (χ2v) is 15.8. The molecule has 0 aliphatic rings. The number of hydrogen-bond acceptors (Lipinski definition) is 5. The summed E-state index contributed by atoms with van der Waals surface area (Å²) < 4.78 is 15.6. The van der Waals surface area contributed by atoms with Crippen LogP contribution in [0.3, 0.4) is 0 Å². The van der Waals surface area contributed by atoms with Crippen molar-refractivity contribution in [3.63, 3.8) is 0 Å². The van der Waals surface area contributed by atoms with Crippen molar-refractivity contribution in [1.29, 1.82) is 0 Å². The summed E-state index contributed by atoms with van der Waals surface area (Å²) in [7, 11) is 0. The molecule has 0 fully saturated rings. The van der Waals surface area contributed by atoms with E-state index < -0.39 is 0 Å². The van der Waals surface area contributed by atoms with Gasteiger partial charge < -0.3 is 13.7 Å². The molecule has 12 rings (SSSR count). The molecule has 0 spiro atoms. The number of aromatic nitrogens is 1. The zero-order valence-corrected chi connectivity index (χ0v) is 31.9. The lowest BCUT2D eigenvalue weighted by molar-refractivity contribution is 0.622. The Balaban J connectivity index is 1.03. The largest absolute Gasteiger partial charge is 0.456 e. The van der Waals surface area contributed by atoms with E-state index in [0.29, 0.717) is 5.89 Å². The number of anilines is 3. The molecule has 0 aliphatic heterocycles. The quantitative estimate of drug-likeness (QED) is 0.169. The molecule has 0 aliphatic carbocycles. The summed E-state index contributed by atoms with van der Waals surface area (Å²) in [5.41, 5.74) is 11.8. The van der Waals surface area contributed by atoms with Crippen LogP contribution in [-0.2, 0) is 0 Å². The minimum absolute atomic E-state index is 0.592. The van der Waals surface area contributed by atoms with Crippen LogP contribution in [0.25, 0.3) is 97.7 Å². The average Bonchev–Trinajstić information content (AvgIpc) is 4.00. The third-order valence-corrected chi connectivity index (χ3v) is 12.4. The van der Waals surface area contributed by atoms with Crippen LogP contribution in [0.15, 0.2) is 203 Å². The van der Waals surface area contributed by atoms with E-state index in [9.17, 15) is 0 Å². The molecule has 272 valence electrons. The van der Waals surface area contributed by atoms with E-state index in [4.69, 9.17) is 13.8 Å². The first-order valence-corrected chi connectivity index (χ1v) is 20.3. The van der Waals surface area contributed by atoms with Gasteiger partial charge in [0, 0.05) is 48.2 Å². The normalized spacial score (nSPS) is 11.8. The first-order chi connectivity index (χ1) is 28.7. The van der Waals surface area contributed by atoms with Crippen molar-refractivity contribution in [1.82, 2.24) is 4.98 Å². The SMILES string of the molecule is c1ccc(-c2nc3ccc4oc5cccc(-c6cccc(N(c7ccc(-c8cccc9ccccc89)cc7)c7ccc8c(c7)sc7ccccc78)c6)c5c4c3o2)cc1. The van der Waals surface area contributed by atoms with Crippen LogP contribution < -0.4 is 4.90 Å². The molecule has 0 unspecified atom stereocenters. The highest BCUT2D eigenvalue weighted by Crippen LogP contribution is 2.45. The van der Waals surface area contributed by atoms with Gasteiger partial charge in [0.25, 0.3) is 0 Å². The Kier molecular flexibility index (Phi) is 7.37. The van der Waals surface area contributed by atoms with Crippen LogP contribution in [0.2, 0.25) is 0 Å². The molecule has 0 N–H and O–H groups in total. The number of nitrogens with zero attached hydrogens (tertiary/aromatic N) is 2. The van der Waals surface area contributed by atoms with Crippen LogP contribution in [-0.4, -0.2) is 4.98 Å². The number of rotatable bonds is 6. The lowest BCUT2D eigenvalue weighted by atomic mass is 9.97. The molecule has 58 heavy (non-hydrogen) atoms. The fourth-order valence-electron chi connectivity index (χ4n) is 8.61. The molecular formula is C53H32N2O2S. The second kappa shape index (κ2) is 13.1. The summed E-state index contributed by atoms with van der Waals surface area (Å²) in [6.07, 6.45) is 0. The molecule has 0 radical (unpaired) electrons. The highest BCUT2D eigenvalue weighted by atomic mass is 32.1. The van der Waals surface area contributed by atoms with E-state index in [1.54, 1.807) is 0 Å². The fraction of sp³-hybridized carbons (Fsp3) is 0. The minimum atomic E-state index is 0.592. The first kappa shape index (κ1) is 32.7. The number of benzene rings is 9. The predicted molar refractivity (Wildman–Crippen MR) is 243 cm³/mol. The predicted octanol–water partition coefficient (Wildman–Crippen LogP) is 15.7. The summed E-state index contributed by atoms with van der Waals surface area (Å²) in [6.45, 7) is 0. The van der Waals surface area contributed by atoms with Crippen LogP contribution in [0.5, 0.6) is 0 Å². The van der Waals surface area contributed by atoms with Crippen LogP contribution in [0.1, 0.15) is 0 Å². The molecule has 0 atom stereocenters. The molecule has 12 aromatic rings. The van der Waals surface area contributed by atoms with Gasteiger partial charge in [-0.2, -0.15) is 0 Å². The zero-order chi connectivity index (χ0) is 38.2. The van der Waals surface area contributed by atoms with Crippen molar-refractivity contribution in [2.75, 3.05) is 4.90 Å². The summed E-state index contributed by atoms with van der Waals surface area (Å²) in [4.78, 5) is 7.26. The Bertz CT molecular complexity index is 3520. The maximum atomic E-state index is 6.55. The topological polar surface area (TPSA) is 42.4 Å². The van der Waals surface area contributed by atoms with Gasteiger partial charge >= 0.3 is 0 Å². The molecule has 5 heteroatoms. The van der Waals surface area contributed by atoms with Gasteiger partial charge in [0.15, 0.2) is 5.58 Å². The van der Waals surface area contributed by atoms with Gasteiger partial charge in [-0.3, -0.25) is 0 Å². The van der Waals surface area contributed by atoms with Crippen molar-refractivity contribution in [3.8, 4) is 33.7 Å². The maximum Gasteiger partial charge on any atom is 0.227 e. The molecule has 0 saturated heterocycles. The smallest absolute Gasteiger partial charge is 0.227 e. The highest BCUT2D eigenvalue weighted by molar-refractivity contribution is 7.25. The third-order valence-electron chi connectivity index (χ3n) is 11.3. The van der Waals surface area contributed by atoms with Crippen molar-refractivity contribution in [3.05, 3.63) is 194 Å². The summed E-state index contributed by atoms with van der Waals surface area (Å²) in [6, 6.07) is 68.8. The Morgan fingerprint density at radius 2 is 1.10 bits per heavy atom. The van der Waals surface area contributed by atoms with Crippen molar-refractivity contribution in [2.45, 2.75) is 0 Å². The van der Waals surface area contributed by atoms with E-state index in [0.717, 1.165) is 66.8 Å². The summed E-state index contributed by atoms with van der Waals surface area (Å²) in [5.74, 6) is 0.592. The molecule has 3 aromatic heterocycles. The van der Waals surface area contributed by atoms with Crippen molar-refractivity contribution >= 4 is 92.4 Å². The Morgan fingerprint density at radius 1 is 0.414 bits per heavy atom. The van der Waals surface area contributed by atoms with Gasteiger partial charge in [-0.05, 0) is 106 Å². The minimum Gasteiger partial charge on any atom is -0.456 e. The monoisotopic (exact) mass is 760 g/mol. The Labute approximate surface area is 337 Å².